The second kappa shape index (κ2) is 5.72. The molecule has 0 N–H and O–H groups in total. The number of hydrogen-bond donors (Lipinski definition) is 0. The van der Waals surface area contributed by atoms with Gasteiger partial charge in [-0.1, -0.05) is 48.5 Å². The third-order valence-electron chi connectivity index (χ3n) is 4.96. The molecule has 1 saturated carbocycles. The largest absolute Gasteiger partial charge is 0.239 e. The minimum absolute atomic E-state index is 0.0943. The number of aromatic nitrogens is 2. The fourth-order valence-corrected chi connectivity index (χ4v) is 3.40. The maximum Gasteiger partial charge on any atom is 0.153 e. The lowest BCUT2D eigenvalue weighted by molar-refractivity contribution is 0.313. The lowest BCUT2D eigenvalue weighted by atomic mass is 9.85. The molecule has 1 aliphatic rings. The zero-order valence-corrected chi connectivity index (χ0v) is 16.3. The maximum absolute atomic E-state index is 15.5. The van der Waals surface area contributed by atoms with Gasteiger partial charge in [0, 0.05) is 16.7 Å². The van der Waals surface area contributed by atoms with Gasteiger partial charge in [0.25, 0.3) is 0 Å². The van der Waals surface area contributed by atoms with Crippen molar-refractivity contribution in [1.82, 2.24) is 9.97 Å². The summed E-state index contributed by atoms with van der Waals surface area (Å²) in [5.74, 6) is 0.271. The smallest absolute Gasteiger partial charge is 0.153 e. The molecular formula is C21H28F2N2. The molecule has 136 valence electrons. The Morgan fingerprint density at radius 3 is 2.08 bits per heavy atom. The molecule has 25 heavy (non-hydrogen) atoms. The standard InChI is InChI=1S/C21H28F2N2/c1-11(2)15-14(21(23)8-9-21)10-13-17(16(15)22)24-19(12(3)4)25-18(13)20(5,6)7/h10-12H,8-9H2,1-7H3. The van der Waals surface area contributed by atoms with Crippen molar-refractivity contribution in [3.05, 3.63) is 34.5 Å². The van der Waals surface area contributed by atoms with Crippen molar-refractivity contribution in [2.24, 2.45) is 0 Å². The highest BCUT2D eigenvalue weighted by atomic mass is 19.1. The maximum atomic E-state index is 15.5. The van der Waals surface area contributed by atoms with Gasteiger partial charge in [-0.15, -0.1) is 0 Å². The van der Waals surface area contributed by atoms with Gasteiger partial charge in [0.15, 0.2) is 5.82 Å². The summed E-state index contributed by atoms with van der Waals surface area (Å²) in [4.78, 5) is 9.26. The van der Waals surface area contributed by atoms with Crippen LogP contribution in [0.3, 0.4) is 0 Å². The molecule has 0 amide bonds. The Hall–Kier alpha value is -1.58. The summed E-state index contributed by atoms with van der Waals surface area (Å²) in [5, 5.41) is 0.651. The first-order chi connectivity index (χ1) is 11.5. The molecule has 1 aromatic heterocycles. The fraction of sp³-hybridized carbons (Fsp3) is 0.619. The Kier molecular flexibility index (Phi) is 4.17. The molecule has 1 heterocycles. The first-order valence-electron chi connectivity index (χ1n) is 9.19. The Balaban J connectivity index is 2.45. The van der Waals surface area contributed by atoms with E-state index in [1.165, 1.54) is 0 Å². The predicted molar refractivity (Wildman–Crippen MR) is 98.4 cm³/mol. The molecule has 0 saturated heterocycles. The second-order valence-electron chi connectivity index (χ2n) is 9.00. The molecule has 2 aromatic rings. The van der Waals surface area contributed by atoms with E-state index in [0.717, 1.165) is 5.69 Å². The van der Waals surface area contributed by atoms with Gasteiger partial charge < -0.3 is 0 Å². The van der Waals surface area contributed by atoms with Crippen LogP contribution in [0.5, 0.6) is 0 Å². The number of rotatable bonds is 3. The number of nitrogens with zero attached hydrogens (tertiary/aromatic N) is 2. The first kappa shape index (κ1) is 18.2. The number of alkyl halides is 1. The summed E-state index contributed by atoms with van der Waals surface area (Å²) in [7, 11) is 0. The van der Waals surface area contributed by atoms with Crippen LogP contribution in [-0.4, -0.2) is 9.97 Å². The molecule has 0 spiro atoms. The van der Waals surface area contributed by atoms with Gasteiger partial charge in [-0.3, -0.25) is 0 Å². The minimum atomic E-state index is -1.39. The summed E-state index contributed by atoms with van der Waals surface area (Å²) in [6, 6.07) is 1.82. The van der Waals surface area contributed by atoms with Crippen molar-refractivity contribution in [3.8, 4) is 0 Å². The van der Waals surface area contributed by atoms with Crippen molar-refractivity contribution in [1.29, 1.82) is 0 Å². The van der Waals surface area contributed by atoms with Crippen molar-refractivity contribution in [2.75, 3.05) is 0 Å². The van der Waals surface area contributed by atoms with E-state index >= 15 is 4.39 Å². The van der Waals surface area contributed by atoms with Crippen LogP contribution in [0.1, 0.15) is 95.8 Å². The van der Waals surface area contributed by atoms with E-state index in [2.05, 4.69) is 25.8 Å². The van der Waals surface area contributed by atoms with E-state index < -0.39 is 5.67 Å². The average molecular weight is 346 g/mol. The second-order valence-corrected chi connectivity index (χ2v) is 9.00. The molecule has 0 radical (unpaired) electrons. The van der Waals surface area contributed by atoms with Crippen LogP contribution in [0.4, 0.5) is 8.78 Å². The van der Waals surface area contributed by atoms with E-state index in [0.29, 0.717) is 40.7 Å². The molecule has 1 fully saturated rings. The minimum Gasteiger partial charge on any atom is -0.239 e. The van der Waals surface area contributed by atoms with Gasteiger partial charge in [-0.25, -0.2) is 18.7 Å². The highest BCUT2D eigenvalue weighted by Crippen LogP contribution is 2.53. The molecule has 2 nitrogen and oxygen atoms in total. The number of benzene rings is 1. The fourth-order valence-electron chi connectivity index (χ4n) is 3.40. The van der Waals surface area contributed by atoms with E-state index in [9.17, 15) is 4.39 Å². The highest BCUT2D eigenvalue weighted by Gasteiger charge is 2.47. The number of halogens is 2. The average Bonchev–Trinajstić information content (AvgIpc) is 3.23. The lowest BCUT2D eigenvalue weighted by Crippen LogP contribution is -2.19. The lowest BCUT2D eigenvalue weighted by Gasteiger charge is -2.24. The SMILES string of the molecule is CC(C)c1nc(C(C)(C)C)c2cc(C3(F)CC3)c(C(C)C)c(F)c2n1. The van der Waals surface area contributed by atoms with Crippen LogP contribution in [0, 0.1) is 5.82 Å². The summed E-state index contributed by atoms with van der Waals surface area (Å²) in [5.41, 5.74) is 0.433. The zero-order valence-electron chi connectivity index (χ0n) is 16.3. The Labute approximate surface area is 149 Å². The summed E-state index contributed by atoms with van der Waals surface area (Å²) >= 11 is 0. The molecule has 4 heteroatoms. The topological polar surface area (TPSA) is 25.8 Å². The van der Waals surface area contributed by atoms with Crippen molar-refractivity contribution < 1.29 is 8.78 Å². The quantitative estimate of drug-likeness (QED) is 0.654. The van der Waals surface area contributed by atoms with Gasteiger partial charge in [0.05, 0.1) is 5.69 Å². The Morgan fingerprint density at radius 2 is 1.64 bits per heavy atom. The van der Waals surface area contributed by atoms with E-state index in [1.807, 2.05) is 33.8 Å². The Morgan fingerprint density at radius 1 is 1.04 bits per heavy atom. The molecule has 1 aromatic carbocycles. The number of fused-ring (bicyclic) bond motifs is 1. The molecule has 1 aliphatic carbocycles. The third-order valence-corrected chi connectivity index (χ3v) is 4.96. The van der Waals surface area contributed by atoms with Gasteiger partial charge in [0.2, 0.25) is 0 Å². The summed E-state index contributed by atoms with van der Waals surface area (Å²) in [6.45, 7) is 14.0. The normalized spacial score (nSPS) is 16.9. The molecule has 0 unspecified atom stereocenters. The first-order valence-corrected chi connectivity index (χ1v) is 9.19. The van der Waals surface area contributed by atoms with Crippen LogP contribution in [0.15, 0.2) is 6.07 Å². The molecule has 0 bridgehead atoms. The van der Waals surface area contributed by atoms with Crippen LogP contribution in [0.2, 0.25) is 0 Å². The van der Waals surface area contributed by atoms with Gasteiger partial charge in [-0.05, 0) is 36.0 Å². The van der Waals surface area contributed by atoms with E-state index in [4.69, 9.17) is 4.98 Å². The molecule has 0 atom stereocenters. The molecule has 0 aliphatic heterocycles. The van der Waals surface area contributed by atoms with Gasteiger partial charge in [-0.2, -0.15) is 0 Å². The van der Waals surface area contributed by atoms with Gasteiger partial charge in [0.1, 0.15) is 17.0 Å². The van der Waals surface area contributed by atoms with E-state index in [1.54, 1.807) is 0 Å². The third kappa shape index (κ3) is 3.04. The van der Waals surface area contributed by atoms with Crippen molar-refractivity contribution in [3.63, 3.8) is 0 Å². The Bertz CT molecular complexity index is 828. The van der Waals surface area contributed by atoms with Crippen molar-refractivity contribution >= 4 is 10.9 Å². The van der Waals surface area contributed by atoms with E-state index in [-0.39, 0.29) is 23.1 Å². The summed E-state index contributed by atoms with van der Waals surface area (Å²) < 4.78 is 30.5. The van der Waals surface area contributed by atoms with Crippen LogP contribution >= 0.6 is 0 Å². The highest BCUT2D eigenvalue weighted by molar-refractivity contribution is 5.85. The predicted octanol–water partition coefficient (Wildman–Crippen LogP) is 6.27. The monoisotopic (exact) mass is 346 g/mol. The summed E-state index contributed by atoms with van der Waals surface area (Å²) in [6.07, 6.45) is 0.931. The molecule has 3 rings (SSSR count). The van der Waals surface area contributed by atoms with Crippen molar-refractivity contribution in [2.45, 2.75) is 84.2 Å². The van der Waals surface area contributed by atoms with Crippen LogP contribution in [0.25, 0.3) is 10.9 Å². The zero-order chi connectivity index (χ0) is 18.7. The van der Waals surface area contributed by atoms with Crippen LogP contribution in [-0.2, 0) is 11.1 Å². The number of hydrogen-bond acceptors (Lipinski definition) is 2. The molecular weight excluding hydrogens is 318 g/mol. The van der Waals surface area contributed by atoms with Crippen LogP contribution < -0.4 is 0 Å². The van der Waals surface area contributed by atoms with Gasteiger partial charge >= 0.3 is 0 Å².